The van der Waals surface area contributed by atoms with E-state index in [0.29, 0.717) is 0 Å². The van der Waals surface area contributed by atoms with E-state index in [0.717, 1.165) is 28.2 Å². The molecule has 5 rings (SSSR count). The molecule has 124 valence electrons. The number of benzene rings is 1. The van der Waals surface area contributed by atoms with Crippen LogP contribution in [-0.2, 0) is 7.05 Å². The molecule has 4 aromatic heterocycles. The Kier molecular flexibility index (Phi) is 3.28. The summed E-state index contributed by atoms with van der Waals surface area (Å²) in [6.45, 7) is 0. The van der Waals surface area contributed by atoms with Crippen LogP contribution in [0.5, 0.6) is 0 Å². The fourth-order valence-corrected chi connectivity index (χ4v) is 3.53. The topological polar surface area (TPSA) is 34.1 Å². The highest BCUT2D eigenvalue weighted by Gasteiger charge is 2.21. The third kappa shape index (κ3) is 2.19. The Hall–Kier alpha value is -3.53. The van der Waals surface area contributed by atoms with Crippen molar-refractivity contribution in [2.24, 2.45) is 7.05 Å². The van der Waals surface area contributed by atoms with Crippen molar-refractivity contribution in [3.63, 3.8) is 0 Å². The van der Waals surface area contributed by atoms with Crippen molar-refractivity contribution in [1.82, 2.24) is 14.4 Å². The zero-order valence-corrected chi connectivity index (χ0v) is 14.4. The molecule has 0 spiro atoms. The molecular weight excluding hydrogens is 320 g/mol. The Labute approximate surface area is 151 Å². The van der Waals surface area contributed by atoms with Gasteiger partial charge in [-0.05, 0) is 36.4 Å². The smallest absolute Gasteiger partial charge is 0.256 e. The zero-order chi connectivity index (χ0) is 17.5. The first-order valence-electron chi connectivity index (χ1n) is 8.58. The summed E-state index contributed by atoms with van der Waals surface area (Å²) in [4.78, 5) is 9.16. The van der Waals surface area contributed by atoms with Crippen molar-refractivity contribution in [2.45, 2.75) is 0 Å². The quantitative estimate of drug-likeness (QED) is 0.456. The summed E-state index contributed by atoms with van der Waals surface area (Å²) in [6.07, 6.45) is 5.83. The van der Waals surface area contributed by atoms with Gasteiger partial charge in [0.15, 0.2) is 11.0 Å². The molecule has 4 heteroatoms. The van der Waals surface area contributed by atoms with Gasteiger partial charge in [-0.3, -0.25) is 9.97 Å². The lowest BCUT2D eigenvalue weighted by molar-refractivity contribution is -0.618. The van der Waals surface area contributed by atoms with Gasteiger partial charge in [0.25, 0.3) is 5.65 Å². The van der Waals surface area contributed by atoms with Gasteiger partial charge in [-0.25, -0.2) is 4.57 Å². The maximum absolute atomic E-state index is 4.58. The van der Waals surface area contributed by atoms with E-state index >= 15 is 0 Å². The number of hydrogen-bond acceptors (Lipinski definition) is 2. The molecule has 0 N–H and O–H groups in total. The molecule has 0 saturated heterocycles. The van der Waals surface area contributed by atoms with Gasteiger partial charge in [0.2, 0.25) is 0 Å². The molecule has 0 unspecified atom stereocenters. The first-order valence-corrected chi connectivity index (χ1v) is 8.58. The number of rotatable bonds is 2. The summed E-state index contributed by atoms with van der Waals surface area (Å²) in [6, 6.07) is 22.6. The summed E-state index contributed by atoms with van der Waals surface area (Å²) in [5.74, 6) is 0. The highest BCUT2D eigenvalue weighted by atomic mass is 15.1. The van der Waals surface area contributed by atoms with Crippen molar-refractivity contribution >= 4 is 16.7 Å². The monoisotopic (exact) mass is 337 g/mol. The fourth-order valence-electron chi connectivity index (χ4n) is 3.53. The third-order valence-electron chi connectivity index (χ3n) is 4.80. The van der Waals surface area contributed by atoms with E-state index in [1.54, 1.807) is 0 Å². The minimum Gasteiger partial charge on any atom is -0.256 e. The number of para-hydroxylation sites is 2. The van der Waals surface area contributed by atoms with E-state index in [4.69, 9.17) is 0 Å². The Bertz CT molecular complexity index is 1220. The van der Waals surface area contributed by atoms with Crippen molar-refractivity contribution in [2.75, 3.05) is 0 Å². The highest BCUT2D eigenvalue weighted by Crippen LogP contribution is 2.31. The summed E-state index contributed by atoms with van der Waals surface area (Å²) < 4.78 is 4.44. The Balaban J connectivity index is 1.92. The fraction of sp³-hybridized carbons (Fsp3) is 0.0455. The molecular formula is C22H17N4+. The molecule has 0 aliphatic carbocycles. The molecule has 0 amide bonds. The summed E-state index contributed by atoms with van der Waals surface area (Å²) >= 11 is 0. The minimum absolute atomic E-state index is 0.940. The summed E-state index contributed by atoms with van der Waals surface area (Å²) in [7, 11) is 2.10. The standard InChI is InChI=1S/C22H17N4/c1-25-20-10-2-3-11-21(20)26-15-17(19-9-5-7-13-24-19)16(14-22(25)26)18-8-4-6-12-23-18/h2-15H,1H3/q+1. The van der Waals surface area contributed by atoms with Crippen molar-refractivity contribution in [1.29, 1.82) is 0 Å². The van der Waals surface area contributed by atoms with Crippen molar-refractivity contribution in [3.8, 4) is 22.5 Å². The minimum atomic E-state index is 0.940. The Morgan fingerprint density at radius 1 is 0.769 bits per heavy atom. The van der Waals surface area contributed by atoms with Crippen LogP contribution in [0.1, 0.15) is 0 Å². The predicted molar refractivity (Wildman–Crippen MR) is 103 cm³/mol. The van der Waals surface area contributed by atoms with Crippen LogP contribution in [0.3, 0.4) is 0 Å². The number of imidazole rings is 1. The van der Waals surface area contributed by atoms with Gasteiger partial charge in [-0.2, -0.15) is 4.40 Å². The van der Waals surface area contributed by atoms with Gasteiger partial charge in [0.05, 0.1) is 18.4 Å². The molecule has 26 heavy (non-hydrogen) atoms. The second kappa shape index (κ2) is 5.77. The van der Waals surface area contributed by atoms with E-state index < -0.39 is 0 Å². The van der Waals surface area contributed by atoms with Crippen LogP contribution in [0.25, 0.3) is 39.2 Å². The number of aryl methyl sites for hydroxylation is 1. The number of pyridine rings is 3. The molecule has 0 saturated carbocycles. The van der Waals surface area contributed by atoms with Crippen LogP contribution in [0.2, 0.25) is 0 Å². The van der Waals surface area contributed by atoms with Crippen LogP contribution in [0, 0.1) is 0 Å². The van der Waals surface area contributed by atoms with Crippen LogP contribution in [0.4, 0.5) is 0 Å². The first-order chi connectivity index (χ1) is 12.8. The highest BCUT2D eigenvalue weighted by molar-refractivity contribution is 5.85. The average Bonchev–Trinajstić information content (AvgIpc) is 3.00. The summed E-state index contributed by atoms with van der Waals surface area (Å²) in [5.41, 5.74) is 7.52. The van der Waals surface area contributed by atoms with Gasteiger partial charge >= 0.3 is 0 Å². The normalized spacial score (nSPS) is 11.3. The molecule has 0 atom stereocenters. The Morgan fingerprint density at radius 3 is 2.12 bits per heavy atom. The lowest BCUT2D eigenvalue weighted by atomic mass is 10.0. The molecule has 1 aromatic carbocycles. The molecule has 5 aromatic rings. The molecule has 0 aliphatic rings. The van der Waals surface area contributed by atoms with Crippen molar-refractivity contribution in [3.05, 3.63) is 85.3 Å². The van der Waals surface area contributed by atoms with Gasteiger partial charge < -0.3 is 0 Å². The van der Waals surface area contributed by atoms with Gasteiger partial charge in [-0.15, -0.1) is 0 Å². The molecule has 0 radical (unpaired) electrons. The van der Waals surface area contributed by atoms with Gasteiger partial charge in [0, 0.05) is 29.6 Å². The maximum atomic E-state index is 4.58. The summed E-state index contributed by atoms with van der Waals surface area (Å²) in [5, 5.41) is 0. The lowest BCUT2D eigenvalue weighted by Crippen LogP contribution is -2.27. The van der Waals surface area contributed by atoms with Gasteiger partial charge in [-0.1, -0.05) is 24.3 Å². The average molecular weight is 337 g/mol. The van der Waals surface area contributed by atoms with E-state index in [1.807, 2.05) is 48.8 Å². The predicted octanol–water partition coefficient (Wildman–Crippen LogP) is 4.04. The van der Waals surface area contributed by atoms with E-state index in [-0.39, 0.29) is 0 Å². The Morgan fingerprint density at radius 2 is 1.42 bits per heavy atom. The van der Waals surface area contributed by atoms with Crippen LogP contribution in [0.15, 0.2) is 85.3 Å². The number of nitrogens with zero attached hydrogens (tertiary/aromatic N) is 4. The molecule has 0 bridgehead atoms. The third-order valence-corrected chi connectivity index (χ3v) is 4.80. The van der Waals surface area contributed by atoms with Crippen LogP contribution in [-0.4, -0.2) is 14.4 Å². The molecule has 0 fully saturated rings. The second-order valence-electron chi connectivity index (χ2n) is 6.31. The number of fused-ring (bicyclic) bond motifs is 3. The second-order valence-corrected chi connectivity index (χ2v) is 6.31. The molecule has 4 nitrogen and oxygen atoms in total. The zero-order valence-electron chi connectivity index (χ0n) is 14.4. The number of aromatic nitrogens is 4. The van der Waals surface area contributed by atoms with E-state index in [2.05, 4.69) is 62.5 Å². The largest absolute Gasteiger partial charge is 0.287 e. The lowest BCUT2D eigenvalue weighted by Gasteiger charge is -2.07. The van der Waals surface area contributed by atoms with E-state index in [9.17, 15) is 0 Å². The SMILES string of the molecule is C[n+]1c2ccccc2n2cc(-c3ccccn3)c(-c3ccccn3)cc21. The van der Waals surface area contributed by atoms with Crippen LogP contribution >= 0.6 is 0 Å². The van der Waals surface area contributed by atoms with E-state index in [1.165, 1.54) is 11.0 Å². The maximum Gasteiger partial charge on any atom is 0.287 e. The van der Waals surface area contributed by atoms with Gasteiger partial charge in [0.1, 0.15) is 6.20 Å². The molecule has 4 heterocycles. The first kappa shape index (κ1) is 14.8. The van der Waals surface area contributed by atoms with Crippen molar-refractivity contribution < 1.29 is 4.57 Å². The van der Waals surface area contributed by atoms with Crippen LogP contribution < -0.4 is 4.57 Å². The number of hydrogen-bond donors (Lipinski definition) is 0. The molecule has 0 aliphatic heterocycles.